The summed E-state index contributed by atoms with van der Waals surface area (Å²) < 4.78 is 12.8. The minimum absolute atomic E-state index is 0.0818. The van der Waals surface area contributed by atoms with E-state index in [1.807, 2.05) is 13.8 Å². The summed E-state index contributed by atoms with van der Waals surface area (Å²) >= 11 is 0. The second-order valence-corrected chi connectivity index (χ2v) is 5.90. The molecular weight excluding hydrogens is 257 g/mol. The zero-order valence-electron chi connectivity index (χ0n) is 11.7. The molecule has 0 aromatic heterocycles. The lowest BCUT2D eigenvalue weighted by Crippen LogP contribution is -2.26. The van der Waals surface area contributed by atoms with E-state index in [4.69, 9.17) is 0 Å². The number of aliphatic hydroxyl groups is 1. The number of hydrogen-bond donors (Lipinski definition) is 1. The molecule has 1 aromatic rings. The molecule has 0 aliphatic heterocycles. The van der Waals surface area contributed by atoms with Crippen LogP contribution in [0.5, 0.6) is 0 Å². The highest BCUT2D eigenvalue weighted by molar-refractivity contribution is 6.14. The molecule has 20 heavy (non-hydrogen) atoms. The highest BCUT2D eigenvalue weighted by Crippen LogP contribution is 2.35. The zero-order valence-corrected chi connectivity index (χ0v) is 11.7. The van der Waals surface area contributed by atoms with E-state index in [-0.39, 0.29) is 22.8 Å². The van der Waals surface area contributed by atoms with Crippen LogP contribution in [0.1, 0.15) is 32.3 Å². The molecule has 0 amide bonds. The first-order valence-electron chi connectivity index (χ1n) is 6.57. The van der Waals surface area contributed by atoms with Crippen molar-refractivity contribution in [2.45, 2.75) is 33.2 Å². The topological polar surface area (TPSA) is 49.7 Å². The molecule has 0 fully saturated rings. The fourth-order valence-corrected chi connectivity index (χ4v) is 2.28. The molecule has 1 aromatic carbocycles. The third kappa shape index (κ3) is 3.53. The molecule has 1 N–H and O–H groups in total. The number of rotatable bonds is 3. The zero-order chi connectivity index (χ0) is 14.8. The summed E-state index contributed by atoms with van der Waals surface area (Å²) in [6.07, 6.45) is 2.32. The summed E-state index contributed by atoms with van der Waals surface area (Å²) in [5.41, 5.74) is 0.952. The van der Waals surface area contributed by atoms with Gasteiger partial charge in [0.1, 0.15) is 11.6 Å². The molecule has 4 heteroatoms. The Bertz CT molecular complexity index is 571. The van der Waals surface area contributed by atoms with Crippen LogP contribution in [0.2, 0.25) is 0 Å². The van der Waals surface area contributed by atoms with E-state index in [0.29, 0.717) is 25.0 Å². The molecule has 0 bridgehead atoms. The van der Waals surface area contributed by atoms with Crippen molar-refractivity contribution in [3.63, 3.8) is 0 Å². The van der Waals surface area contributed by atoms with Crippen LogP contribution in [0.3, 0.4) is 0 Å². The lowest BCUT2D eigenvalue weighted by atomic mass is 9.77. The quantitative estimate of drug-likeness (QED) is 0.857. The predicted octanol–water partition coefficient (Wildman–Crippen LogP) is 3.60. The van der Waals surface area contributed by atoms with Gasteiger partial charge in [-0.3, -0.25) is 9.79 Å². The van der Waals surface area contributed by atoms with Crippen molar-refractivity contribution in [2.24, 2.45) is 10.4 Å². The number of carbonyl (C=O) groups excluding carboxylic acids is 1. The summed E-state index contributed by atoms with van der Waals surface area (Å²) in [6.45, 7) is 4.26. The third-order valence-electron chi connectivity index (χ3n) is 3.30. The van der Waals surface area contributed by atoms with E-state index in [9.17, 15) is 14.3 Å². The van der Waals surface area contributed by atoms with Crippen molar-refractivity contribution >= 4 is 12.0 Å². The van der Waals surface area contributed by atoms with E-state index >= 15 is 0 Å². The standard InChI is InChI=1S/C16H18FNO2/c1-16(2)7-14(19)13(15(20)8-16)10-18-9-11-3-5-12(17)6-4-11/h3-6,10,19H,7-9H2,1-2H3. The maximum absolute atomic E-state index is 12.8. The fourth-order valence-electron chi connectivity index (χ4n) is 2.28. The number of carbonyl (C=O) groups is 1. The van der Waals surface area contributed by atoms with Gasteiger partial charge in [0.2, 0.25) is 0 Å². The SMILES string of the molecule is CC1(C)CC(=O)C(C=NCc2ccc(F)cc2)=C(O)C1. The smallest absolute Gasteiger partial charge is 0.168 e. The molecule has 0 saturated heterocycles. The van der Waals surface area contributed by atoms with Crippen molar-refractivity contribution in [3.05, 3.63) is 47.0 Å². The maximum atomic E-state index is 12.8. The molecule has 0 saturated carbocycles. The van der Waals surface area contributed by atoms with Crippen LogP contribution in [0.25, 0.3) is 0 Å². The average Bonchev–Trinajstić information content (AvgIpc) is 2.33. The number of Topliss-reactive ketones (excluding diaryl/α,β-unsaturated/α-hetero) is 1. The van der Waals surface area contributed by atoms with Gasteiger partial charge < -0.3 is 5.11 Å². The lowest BCUT2D eigenvalue weighted by Gasteiger charge is -2.28. The van der Waals surface area contributed by atoms with Crippen molar-refractivity contribution < 1.29 is 14.3 Å². The van der Waals surface area contributed by atoms with Gasteiger partial charge in [0.25, 0.3) is 0 Å². The van der Waals surface area contributed by atoms with E-state index in [0.717, 1.165) is 5.56 Å². The van der Waals surface area contributed by atoms with E-state index in [1.165, 1.54) is 18.3 Å². The predicted molar refractivity (Wildman–Crippen MR) is 76.3 cm³/mol. The fraction of sp³-hybridized carbons (Fsp3) is 0.375. The van der Waals surface area contributed by atoms with Gasteiger partial charge in [-0.15, -0.1) is 0 Å². The van der Waals surface area contributed by atoms with Crippen LogP contribution in [-0.4, -0.2) is 17.1 Å². The largest absolute Gasteiger partial charge is 0.511 e. The second kappa shape index (κ2) is 5.57. The van der Waals surface area contributed by atoms with Crippen molar-refractivity contribution in [1.82, 2.24) is 0 Å². The summed E-state index contributed by atoms with van der Waals surface area (Å²) in [5.74, 6) is -0.265. The summed E-state index contributed by atoms with van der Waals surface area (Å²) in [6, 6.07) is 6.03. The Kier molecular flexibility index (Phi) is 4.02. The molecule has 2 rings (SSSR count). The minimum atomic E-state index is -0.289. The number of benzene rings is 1. The highest BCUT2D eigenvalue weighted by Gasteiger charge is 2.32. The Balaban J connectivity index is 2.07. The van der Waals surface area contributed by atoms with E-state index < -0.39 is 0 Å². The number of aliphatic hydroxyl groups excluding tert-OH is 1. The van der Waals surface area contributed by atoms with Crippen LogP contribution < -0.4 is 0 Å². The van der Waals surface area contributed by atoms with Crippen LogP contribution in [0.4, 0.5) is 4.39 Å². The summed E-state index contributed by atoms with van der Waals surface area (Å²) in [4.78, 5) is 16.1. The molecule has 1 aliphatic rings. The van der Waals surface area contributed by atoms with E-state index in [1.54, 1.807) is 12.1 Å². The molecule has 1 aliphatic carbocycles. The molecule has 0 radical (unpaired) electrons. The van der Waals surface area contributed by atoms with Gasteiger partial charge >= 0.3 is 0 Å². The monoisotopic (exact) mass is 275 g/mol. The molecular formula is C16H18FNO2. The summed E-state index contributed by atoms with van der Waals surface area (Å²) in [7, 11) is 0. The van der Waals surface area contributed by atoms with Crippen LogP contribution in [0, 0.1) is 11.2 Å². The van der Waals surface area contributed by atoms with Crippen LogP contribution >= 0.6 is 0 Å². The van der Waals surface area contributed by atoms with Gasteiger partial charge in [-0.1, -0.05) is 26.0 Å². The molecule has 0 unspecified atom stereocenters. The first kappa shape index (κ1) is 14.4. The Morgan fingerprint density at radius 3 is 2.55 bits per heavy atom. The number of ketones is 1. The van der Waals surface area contributed by atoms with Crippen LogP contribution in [0.15, 0.2) is 40.6 Å². The van der Waals surface area contributed by atoms with Crippen molar-refractivity contribution in [1.29, 1.82) is 0 Å². The first-order chi connectivity index (χ1) is 9.37. The Hall–Kier alpha value is -1.97. The minimum Gasteiger partial charge on any atom is -0.511 e. The molecule has 0 atom stereocenters. The number of halogens is 1. The highest BCUT2D eigenvalue weighted by atomic mass is 19.1. The Morgan fingerprint density at radius 1 is 1.30 bits per heavy atom. The van der Waals surface area contributed by atoms with Crippen LogP contribution in [-0.2, 0) is 11.3 Å². The molecule has 3 nitrogen and oxygen atoms in total. The summed E-state index contributed by atoms with van der Waals surface area (Å²) in [5, 5.41) is 9.93. The molecule has 0 spiro atoms. The lowest BCUT2D eigenvalue weighted by molar-refractivity contribution is -0.117. The normalized spacial score (nSPS) is 18.9. The number of allylic oxidation sites excluding steroid dienone is 2. The maximum Gasteiger partial charge on any atom is 0.168 e. The number of nitrogens with zero attached hydrogens (tertiary/aromatic N) is 1. The van der Waals surface area contributed by atoms with Gasteiger partial charge in [0, 0.05) is 19.1 Å². The first-order valence-corrected chi connectivity index (χ1v) is 6.57. The van der Waals surface area contributed by atoms with E-state index in [2.05, 4.69) is 4.99 Å². The van der Waals surface area contributed by atoms with Gasteiger partial charge in [-0.2, -0.15) is 0 Å². The van der Waals surface area contributed by atoms with Crippen molar-refractivity contribution in [2.75, 3.05) is 0 Å². The number of hydrogen-bond acceptors (Lipinski definition) is 3. The second-order valence-electron chi connectivity index (χ2n) is 5.90. The van der Waals surface area contributed by atoms with Gasteiger partial charge in [0.15, 0.2) is 5.78 Å². The van der Waals surface area contributed by atoms with Crippen molar-refractivity contribution in [3.8, 4) is 0 Å². The Labute approximate surface area is 117 Å². The third-order valence-corrected chi connectivity index (χ3v) is 3.30. The van der Waals surface area contributed by atoms with Gasteiger partial charge in [-0.05, 0) is 23.1 Å². The average molecular weight is 275 g/mol. The van der Waals surface area contributed by atoms with Gasteiger partial charge in [-0.25, -0.2) is 4.39 Å². The molecule has 106 valence electrons. The van der Waals surface area contributed by atoms with Gasteiger partial charge in [0.05, 0.1) is 12.1 Å². The molecule has 0 heterocycles. The Morgan fingerprint density at radius 2 is 1.95 bits per heavy atom. The number of aliphatic imine (C=N–C) groups is 1.